The van der Waals surface area contributed by atoms with Crippen LogP contribution in [0.4, 0.5) is 5.82 Å². The summed E-state index contributed by atoms with van der Waals surface area (Å²) in [6.45, 7) is 1.42. The number of carbonyl (C=O) groups excluding carboxylic acids is 1. The molecule has 3 N–H and O–H groups in total. The van der Waals surface area contributed by atoms with Crippen molar-refractivity contribution in [3.63, 3.8) is 0 Å². The van der Waals surface area contributed by atoms with Crippen LogP contribution in [0.1, 0.15) is 18.4 Å². The van der Waals surface area contributed by atoms with Crippen molar-refractivity contribution in [2.45, 2.75) is 19.4 Å². The van der Waals surface area contributed by atoms with Gasteiger partial charge in [-0.1, -0.05) is 6.07 Å². The van der Waals surface area contributed by atoms with Crippen LogP contribution in [0.25, 0.3) is 11.1 Å². The van der Waals surface area contributed by atoms with Gasteiger partial charge in [0, 0.05) is 24.8 Å². The molecule has 3 rings (SSSR count). The number of carbonyl (C=O) groups is 1. The van der Waals surface area contributed by atoms with Crippen molar-refractivity contribution in [2.24, 2.45) is 11.7 Å². The van der Waals surface area contributed by atoms with Gasteiger partial charge in [-0.2, -0.15) is 0 Å². The molecule has 6 nitrogen and oxygen atoms in total. The second kappa shape index (κ2) is 7.53. The van der Waals surface area contributed by atoms with Crippen LogP contribution in [-0.2, 0) is 11.4 Å². The molecular weight excluding hydrogens is 318 g/mol. The van der Waals surface area contributed by atoms with Crippen LogP contribution in [0, 0.1) is 5.92 Å². The lowest BCUT2D eigenvalue weighted by Crippen LogP contribution is -2.41. The lowest BCUT2D eigenvalue weighted by molar-refractivity contribution is -0.122. The van der Waals surface area contributed by atoms with Gasteiger partial charge >= 0.3 is 0 Å². The van der Waals surface area contributed by atoms with E-state index >= 15 is 0 Å². The van der Waals surface area contributed by atoms with Gasteiger partial charge in [0.15, 0.2) is 0 Å². The van der Waals surface area contributed by atoms with Gasteiger partial charge in [0.1, 0.15) is 11.6 Å². The topological polar surface area (TPSA) is 88.7 Å². The van der Waals surface area contributed by atoms with E-state index in [2.05, 4.69) is 9.88 Å². The number of hydrogen-bond donors (Lipinski definition) is 2. The fraction of sp³-hybridized carbons (Fsp3) is 0.368. The Morgan fingerprint density at radius 2 is 2.24 bits per heavy atom. The van der Waals surface area contributed by atoms with Gasteiger partial charge < -0.3 is 20.5 Å². The number of benzene rings is 1. The summed E-state index contributed by atoms with van der Waals surface area (Å²) in [4.78, 5) is 18.1. The second-order valence-electron chi connectivity index (χ2n) is 6.27. The Morgan fingerprint density at radius 1 is 1.40 bits per heavy atom. The van der Waals surface area contributed by atoms with Crippen LogP contribution < -0.4 is 15.4 Å². The number of anilines is 1. The average Bonchev–Trinajstić information content (AvgIpc) is 2.67. The minimum atomic E-state index is -0.243. The second-order valence-corrected chi connectivity index (χ2v) is 6.27. The maximum atomic E-state index is 11.4. The molecular formula is C19H23N3O3. The molecule has 1 unspecified atom stereocenters. The molecule has 25 heavy (non-hydrogen) atoms. The summed E-state index contributed by atoms with van der Waals surface area (Å²) in [6, 6.07) is 9.54. The van der Waals surface area contributed by atoms with Crippen LogP contribution in [-0.4, -0.2) is 36.2 Å². The smallest absolute Gasteiger partial charge is 0.222 e. The first-order valence-electron chi connectivity index (χ1n) is 8.41. The number of hydrogen-bond acceptors (Lipinski definition) is 5. The van der Waals surface area contributed by atoms with Crippen LogP contribution >= 0.6 is 0 Å². The average molecular weight is 341 g/mol. The van der Waals surface area contributed by atoms with Crippen LogP contribution in [0.15, 0.2) is 36.5 Å². The molecule has 0 bridgehead atoms. The lowest BCUT2D eigenvalue weighted by atomic mass is 9.97. The Bertz CT molecular complexity index is 746. The number of nitrogens with two attached hydrogens (primary N) is 1. The first kappa shape index (κ1) is 17.2. The van der Waals surface area contributed by atoms with Crippen LogP contribution in [0.2, 0.25) is 0 Å². The van der Waals surface area contributed by atoms with Crippen LogP contribution in [0.3, 0.4) is 0 Å². The normalized spacial score (nSPS) is 17.4. The molecule has 132 valence electrons. The Labute approximate surface area is 147 Å². The van der Waals surface area contributed by atoms with Crippen molar-refractivity contribution in [3.05, 3.63) is 42.1 Å². The molecule has 1 saturated heterocycles. The number of primary amides is 1. The molecule has 6 heteroatoms. The zero-order chi connectivity index (χ0) is 17.8. The number of aliphatic hydroxyl groups excluding tert-OH is 1. The number of aliphatic hydroxyl groups is 1. The Hall–Kier alpha value is -2.60. The highest BCUT2D eigenvalue weighted by molar-refractivity contribution is 5.77. The first-order valence-corrected chi connectivity index (χ1v) is 8.41. The van der Waals surface area contributed by atoms with Gasteiger partial charge in [0.25, 0.3) is 0 Å². The number of aromatic nitrogens is 1. The number of ether oxygens (including phenoxy) is 1. The highest BCUT2D eigenvalue weighted by Crippen LogP contribution is 2.29. The summed E-state index contributed by atoms with van der Waals surface area (Å²) in [5.41, 5.74) is 8.09. The summed E-state index contributed by atoms with van der Waals surface area (Å²) in [5.74, 6) is 1.20. The molecule has 0 spiro atoms. The summed E-state index contributed by atoms with van der Waals surface area (Å²) >= 11 is 0. The van der Waals surface area contributed by atoms with E-state index in [1.807, 2.05) is 30.3 Å². The number of nitrogens with zero attached hydrogens (tertiary/aromatic N) is 2. The standard InChI is InChI=1S/C19H23N3O3/c1-25-16-5-6-17(15(9-16)12-23)13-4-7-18(21-10-13)22-8-2-3-14(11-22)19(20)24/h4-7,9-10,14,23H,2-3,8,11-12H2,1H3,(H2,20,24). The number of rotatable bonds is 5. The minimum Gasteiger partial charge on any atom is -0.497 e. The summed E-state index contributed by atoms with van der Waals surface area (Å²) in [6.07, 6.45) is 3.57. The van der Waals surface area contributed by atoms with E-state index in [1.165, 1.54) is 0 Å². The van der Waals surface area contributed by atoms with Crippen molar-refractivity contribution in [1.29, 1.82) is 0 Å². The third-order valence-electron chi connectivity index (χ3n) is 4.69. The Morgan fingerprint density at radius 3 is 2.88 bits per heavy atom. The Kier molecular flexibility index (Phi) is 5.19. The molecule has 1 aliphatic rings. The van der Waals surface area contributed by atoms with E-state index < -0.39 is 0 Å². The number of piperidine rings is 1. The van der Waals surface area contributed by atoms with Crippen molar-refractivity contribution in [2.75, 3.05) is 25.1 Å². The summed E-state index contributed by atoms with van der Waals surface area (Å²) < 4.78 is 5.20. The van der Waals surface area contributed by atoms with E-state index in [-0.39, 0.29) is 18.4 Å². The zero-order valence-corrected chi connectivity index (χ0v) is 14.3. The molecule has 1 aromatic carbocycles. The number of methoxy groups -OCH3 is 1. The summed E-state index contributed by atoms with van der Waals surface area (Å²) in [7, 11) is 1.60. The minimum absolute atomic E-state index is 0.0687. The quantitative estimate of drug-likeness (QED) is 0.868. The third-order valence-corrected chi connectivity index (χ3v) is 4.69. The molecule has 1 aromatic heterocycles. The maximum absolute atomic E-state index is 11.4. The van der Waals surface area contributed by atoms with Crippen molar-refractivity contribution < 1.29 is 14.6 Å². The monoisotopic (exact) mass is 341 g/mol. The SMILES string of the molecule is COc1ccc(-c2ccc(N3CCCC(C(N)=O)C3)nc2)c(CO)c1. The molecule has 1 fully saturated rings. The molecule has 1 atom stereocenters. The van der Waals surface area contributed by atoms with E-state index in [1.54, 1.807) is 13.3 Å². The van der Waals surface area contributed by atoms with Gasteiger partial charge in [-0.3, -0.25) is 4.79 Å². The van der Waals surface area contributed by atoms with E-state index in [0.29, 0.717) is 12.3 Å². The molecule has 1 aliphatic heterocycles. The van der Waals surface area contributed by atoms with Gasteiger partial charge in [-0.15, -0.1) is 0 Å². The van der Waals surface area contributed by atoms with E-state index in [4.69, 9.17) is 10.5 Å². The van der Waals surface area contributed by atoms with Gasteiger partial charge in [-0.05, 0) is 48.2 Å². The fourth-order valence-corrected chi connectivity index (χ4v) is 3.26. The highest BCUT2D eigenvalue weighted by atomic mass is 16.5. The summed E-state index contributed by atoms with van der Waals surface area (Å²) in [5, 5.41) is 9.61. The molecule has 1 amide bonds. The Balaban J connectivity index is 1.82. The van der Waals surface area contributed by atoms with Gasteiger partial charge in [-0.25, -0.2) is 4.98 Å². The number of amides is 1. The third kappa shape index (κ3) is 3.74. The predicted octanol–water partition coefficient (Wildman–Crippen LogP) is 1.95. The first-order chi connectivity index (χ1) is 12.1. The van der Waals surface area contributed by atoms with Crippen molar-refractivity contribution in [1.82, 2.24) is 4.98 Å². The molecule has 2 aromatic rings. The molecule has 0 radical (unpaired) electrons. The zero-order valence-electron chi connectivity index (χ0n) is 14.3. The van der Waals surface area contributed by atoms with E-state index in [9.17, 15) is 9.90 Å². The van der Waals surface area contributed by atoms with Crippen molar-refractivity contribution >= 4 is 11.7 Å². The predicted molar refractivity (Wildman–Crippen MR) is 96.3 cm³/mol. The largest absolute Gasteiger partial charge is 0.497 e. The van der Waals surface area contributed by atoms with E-state index in [0.717, 1.165) is 41.9 Å². The van der Waals surface area contributed by atoms with Crippen LogP contribution in [0.5, 0.6) is 5.75 Å². The number of pyridine rings is 1. The molecule has 2 heterocycles. The van der Waals surface area contributed by atoms with Gasteiger partial charge in [0.2, 0.25) is 5.91 Å². The fourth-order valence-electron chi connectivity index (χ4n) is 3.26. The maximum Gasteiger partial charge on any atom is 0.222 e. The molecule has 0 saturated carbocycles. The molecule has 0 aliphatic carbocycles. The van der Waals surface area contributed by atoms with Crippen molar-refractivity contribution in [3.8, 4) is 16.9 Å². The lowest BCUT2D eigenvalue weighted by Gasteiger charge is -2.32. The highest BCUT2D eigenvalue weighted by Gasteiger charge is 2.24. The van der Waals surface area contributed by atoms with Gasteiger partial charge in [0.05, 0.1) is 19.6 Å².